The second-order valence-electron chi connectivity index (χ2n) is 7.04. The summed E-state index contributed by atoms with van der Waals surface area (Å²) in [6.45, 7) is 6.98. The zero-order valence-electron chi connectivity index (χ0n) is 16.8. The van der Waals surface area contributed by atoms with E-state index in [4.69, 9.17) is 0 Å². The molecule has 0 bridgehead atoms. The summed E-state index contributed by atoms with van der Waals surface area (Å²) >= 11 is 0. The van der Waals surface area contributed by atoms with E-state index in [1.165, 1.54) is 12.1 Å². The van der Waals surface area contributed by atoms with Gasteiger partial charge in [-0.1, -0.05) is 12.1 Å². The lowest BCUT2D eigenvalue weighted by Gasteiger charge is -2.36. The third-order valence-corrected chi connectivity index (χ3v) is 5.07. The molecule has 1 amide bonds. The number of piperazine rings is 1. The quantitative estimate of drug-likeness (QED) is 0.575. The SMILES string of the molecule is CCN(/C=C(/C#N)C(=O)N1CCN(c2ccc(F)cc2)CC1)c1cccc(C)c1. The van der Waals surface area contributed by atoms with Gasteiger partial charge in [-0.2, -0.15) is 5.26 Å². The van der Waals surface area contributed by atoms with Crippen LogP contribution in [-0.4, -0.2) is 43.5 Å². The molecule has 1 aliphatic rings. The summed E-state index contributed by atoms with van der Waals surface area (Å²) in [6, 6.07) is 16.4. The number of carbonyl (C=O) groups is 1. The molecule has 0 N–H and O–H groups in total. The first-order chi connectivity index (χ1) is 14.0. The average Bonchev–Trinajstić information content (AvgIpc) is 2.75. The Morgan fingerprint density at radius 2 is 1.86 bits per heavy atom. The average molecular weight is 392 g/mol. The Hall–Kier alpha value is -3.33. The Bertz CT molecular complexity index is 925. The van der Waals surface area contributed by atoms with Crippen LogP contribution in [0.25, 0.3) is 0 Å². The van der Waals surface area contributed by atoms with Crippen molar-refractivity contribution in [3.05, 3.63) is 71.7 Å². The number of hydrogen-bond acceptors (Lipinski definition) is 4. The fraction of sp³-hybridized carbons (Fsp3) is 0.304. The molecule has 6 heteroatoms. The topological polar surface area (TPSA) is 50.6 Å². The number of anilines is 2. The highest BCUT2D eigenvalue weighted by atomic mass is 19.1. The molecule has 150 valence electrons. The molecule has 0 radical (unpaired) electrons. The van der Waals surface area contributed by atoms with Crippen molar-refractivity contribution < 1.29 is 9.18 Å². The van der Waals surface area contributed by atoms with Gasteiger partial charge in [-0.3, -0.25) is 4.79 Å². The van der Waals surface area contributed by atoms with Crippen molar-refractivity contribution in [3.8, 4) is 6.07 Å². The molecule has 0 aromatic heterocycles. The molecule has 1 heterocycles. The number of halogens is 1. The van der Waals surface area contributed by atoms with Crippen LogP contribution < -0.4 is 9.80 Å². The van der Waals surface area contributed by atoms with Gasteiger partial charge in [-0.05, 0) is 55.8 Å². The van der Waals surface area contributed by atoms with Crippen LogP contribution in [0.4, 0.5) is 15.8 Å². The first-order valence-corrected chi connectivity index (χ1v) is 9.77. The maximum atomic E-state index is 13.1. The predicted octanol–water partition coefficient (Wildman–Crippen LogP) is 3.72. The van der Waals surface area contributed by atoms with Crippen LogP contribution in [0.3, 0.4) is 0 Å². The minimum atomic E-state index is -0.263. The zero-order valence-corrected chi connectivity index (χ0v) is 16.8. The lowest BCUT2D eigenvalue weighted by Crippen LogP contribution is -2.49. The second-order valence-corrected chi connectivity index (χ2v) is 7.04. The molecular formula is C23H25FN4O. The predicted molar refractivity (Wildman–Crippen MR) is 113 cm³/mol. The molecule has 0 atom stereocenters. The van der Waals surface area contributed by atoms with Crippen LogP contribution in [0.1, 0.15) is 12.5 Å². The van der Waals surface area contributed by atoms with E-state index in [2.05, 4.69) is 11.0 Å². The maximum absolute atomic E-state index is 13.1. The Morgan fingerprint density at radius 1 is 1.17 bits per heavy atom. The molecule has 5 nitrogen and oxygen atoms in total. The first-order valence-electron chi connectivity index (χ1n) is 9.77. The second kappa shape index (κ2) is 9.24. The number of nitrogens with zero attached hydrogens (tertiary/aromatic N) is 4. The molecule has 2 aromatic rings. The van der Waals surface area contributed by atoms with Crippen molar-refractivity contribution >= 4 is 17.3 Å². The van der Waals surface area contributed by atoms with E-state index >= 15 is 0 Å². The van der Waals surface area contributed by atoms with Crippen molar-refractivity contribution in [1.29, 1.82) is 5.26 Å². The number of amides is 1. The molecule has 29 heavy (non-hydrogen) atoms. The van der Waals surface area contributed by atoms with E-state index in [1.54, 1.807) is 23.2 Å². The molecule has 1 saturated heterocycles. The van der Waals surface area contributed by atoms with Gasteiger partial charge < -0.3 is 14.7 Å². The molecule has 3 rings (SSSR count). The molecule has 1 fully saturated rings. The fourth-order valence-electron chi connectivity index (χ4n) is 3.43. The number of hydrogen-bond donors (Lipinski definition) is 0. The van der Waals surface area contributed by atoms with Crippen LogP contribution in [0, 0.1) is 24.1 Å². The number of aryl methyl sites for hydroxylation is 1. The number of nitriles is 1. The van der Waals surface area contributed by atoms with Gasteiger partial charge >= 0.3 is 0 Å². The maximum Gasteiger partial charge on any atom is 0.266 e. The number of rotatable bonds is 5. The van der Waals surface area contributed by atoms with E-state index in [0.717, 1.165) is 16.9 Å². The van der Waals surface area contributed by atoms with Crippen LogP contribution in [0.5, 0.6) is 0 Å². The smallest absolute Gasteiger partial charge is 0.266 e. The van der Waals surface area contributed by atoms with Gasteiger partial charge in [-0.15, -0.1) is 0 Å². The molecule has 1 aliphatic heterocycles. The van der Waals surface area contributed by atoms with Gasteiger partial charge in [0.15, 0.2) is 0 Å². The standard InChI is InChI=1S/C23H25FN4O/c1-3-26(22-6-4-5-18(2)15-22)17-19(16-25)23(29)28-13-11-27(12-14-28)21-9-7-20(24)8-10-21/h4-10,15,17H,3,11-14H2,1-2H3/b19-17-. The van der Waals surface area contributed by atoms with Crippen molar-refractivity contribution in [2.24, 2.45) is 0 Å². The van der Waals surface area contributed by atoms with Crippen LogP contribution >= 0.6 is 0 Å². The Morgan fingerprint density at radius 3 is 2.45 bits per heavy atom. The van der Waals surface area contributed by atoms with Crippen molar-refractivity contribution in [3.63, 3.8) is 0 Å². The fourth-order valence-corrected chi connectivity index (χ4v) is 3.43. The summed E-state index contributed by atoms with van der Waals surface area (Å²) in [6.07, 6.45) is 1.64. The van der Waals surface area contributed by atoms with Gasteiger partial charge in [-0.25, -0.2) is 4.39 Å². The van der Waals surface area contributed by atoms with Gasteiger partial charge in [0.2, 0.25) is 0 Å². The summed E-state index contributed by atoms with van der Waals surface area (Å²) in [4.78, 5) is 18.6. The lowest BCUT2D eigenvalue weighted by molar-refractivity contribution is -0.127. The van der Waals surface area contributed by atoms with Gasteiger partial charge in [0, 0.05) is 50.3 Å². The van der Waals surface area contributed by atoms with Crippen molar-refractivity contribution in [1.82, 2.24) is 4.90 Å². The molecule has 0 saturated carbocycles. The van der Waals surface area contributed by atoms with Gasteiger partial charge in [0.25, 0.3) is 5.91 Å². The Kier molecular flexibility index (Phi) is 6.50. The van der Waals surface area contributed by atoms with E-state index in [-0.39, 0.29) is 17.3 Å². The van der Waals surface area contributed by atoms with E-state index < -0.39 is 0 Å². The largest absolute Gasteiger partial charge is 0.368 e. The zero-order chi connectivity index (χ0) is 20.8. The highest BCUT2D eigenvalue weighted by Gasteiger charge is 2.24. The monoisotopic (exact) mass is 392 g/mol. The Balaban J connectivity index is 1.69. The van der Waals surface area contributed by atoms with Gasteiger partial charge in [0.05, 0.1) is 0 Å². The minimum absolute atomic E-state index is 0.128. The number of carbonyl (C=O) groups excluding carboxylic acids is 1. The van der Waals surface area contributed by atoms with E-state index in [1.807, 2.05) is 43.0 Å². The highest BCUT2D eigenvalue weighted by molar-refractivity contribution is 5.97. The summed E-state index contributed by atoms with van der Waals surface area (Å²) in [5, 5.41) is 9.59. The third kappa shape index (κ3) is 4.94. The highest BCUT2D eigenvalue weighted by Crippen LogP contribution is 2.20. The lowest BCUT2D eigenvalue weighted by atomic mass is 10.2. The molecule has 0 unspecified atom stereocenters. The Labute approximate surface area is 171 Å². The summed E-state index contributed by atoms with van der Waals surface area (Å²) in [5.41, 5.74) is 3.14. The van der Waals surface area contributed by atoms with E-state index in [0.29, 0.717) is 32.7 Å². The summed E-state index contributed by atoms with van der Waals surface area (Å²) in [7, 11) is 0. The third-order valence-electron chi connectivity index (χ3n) is 5.07. The summed E-state index contributed by atoms with van der Waals surface area (Å²) in [5.74, 6) is -0.516. The molecule has 0 spiro atoms. The molecule has 2 aromatic carbocycles. The first kappa shape index (κ1) is 20.4. The van der Waals surface area contributed by atoms with Crippen LogP contribution in [0.15, 0.2) is 60.3 Å². The number of benzene rings is 2. The summed E-state index contributed by atoms with van der Waals surface area (Å²) < 4.78 is 13.1. The van der Waals surface area contributed by atoms with Crippen LogP contribution in [0.2, 0.25) is 0 Å². The van der Waals surface area contributed by atoms with Crippen molar-refractivity contribution in [2.45, 2.75) is 13.8 Å². The molecular weight excluding hydrogens is 367 g/mol. The van der Waals surface area contributed by atoms with Crippen molar-refractivity contribution in [2.75, 3.05) is 42.5 Å². The molecule has 0 aliphatic carbocycles. The van der Waals surface area contributed by atoms with E-state index in [9.17, 15) is 14.4 Å². The van der Waals surface area contributed by atoms with Gasteiger partial charge in [0.1, 0.15) is 17.5 Å². The van der Waals surface area contributed by atoms with Crippen LogP contribution in [-0.2, 0) is 4.79 Å². The normalized spacial score (nSPS) is 14.5. The minimum Gasteiger partial charge on any atom is -0.368 e.